The maximum atomic E-state index is 14.6. The van der Waals surface area contributed by atoms with Gasteiger partial charge < -0.3 is 9.64 Å². The van der Waals surface area contributed by atoms with E-state index in [4.69, 9.17) is 4.74 Å². The lowest BCUT2D eigenvalue weighted by molar-refractivity contribution is 0.359. The Morgan fingerprint density at radius 2 is 1.97 bits per heavy atom. The molecule has 10 heteroatoms. The summed E-state index contributed by atoms with van der Waals surface area (Å²) in [7, 11) is 2.83. The molecule has 5 rings (SSSR count). The van der Waals surface area contributed by atoms with Gasteiger partial charge in [-0.2, -0.15) is 4.98 Å². The molecule has 0 saturated carbocycles. The number of anilines is 1. The van der Waals surface area contributed by atoms with Crippen LogP contribution in [0.5, 0.6) is 5.75 Å². The molecule has 0 saturated heterocycles. The molecule has 0 atom stereocenters. The van der Waals surface area contributed by atoms with Crippen LogP contribution in [0.3, 0.4) is 0 Å². The van der Waals surface area contributed by atoms with Gasteiger partial charge in [-0.15, -0.1) is 5.10 Å². The van der Waals surface area contributed by atoms with E-state index in [1.165, 1.54) is 22.3 Å². The fourth-order valence-electron chi connectivity index (χ4n) is 4.35. The van der Waals surface area contributed by atoms with Gasteiger partial charge in [-0.1, -0.05) is 0 Å². The summed E-state index contributed by atoms with van der Waals surface area (Å²) in [5.41, 5.74) is 3.85. The van der Waals surface area contributed by atoms with E-state index in [0.29, 0.717) is 42.0 Å². The van der Waals surface area contributed by atoms with Crippen LogP contribution in [0.15, 0.2) is 29.3 Å². The summed E-state index contributed by atoms with van der Waals surface area (Å²) >= 11 is 0. The monoisotopic (exact) mass is 452 g/mol. The molecule has 4 aromatic rings. The molecule has 1 aromatic carbocycles. The zero-order valence-corrected chi connectivity index (χ0v) is 18.7. The number of pyridine rings is 1. The van der Waals surface area contributed by atoms with Crippen molar-refractivity contribution >= 4 is 11.6 Å². The molecule has 4 heterocycles. The first kappa shape index (κ1) is 21.0. The van der Waals surface area contributed by atoms with Crippen molar-refractivity contribution in [3.63, 3.8) is 0 Å². The average molecular weight is 452 g/mol. The van der Waals surface area contributed by atoms with Crippen molar-refractivity contribution in [3.05, 3.63) is 69.0 Å². The Labute approximate surface area is 188 Å². The number of aryl methyl sites for hydroxylation is 2. The second-order valence-electron chi connectivity index (χ2n) is 8.20. The number of aromatic nitrogens is 5. The molecule has 0 radical (unpaired) electrons. The predicted octanol–water partition coefficient (Wildman–Crippen LogP) is 2.96. The fourth-order valence-corrected chi connectivity index (χ4v) is 4.35. The lowest BCUT2D eigenvalue weighted by Gasteiger charge is -2.30. The summed E-state index contributed by atoms with van der Waals surface area (Å²) in [5.74, 6) is -0.791. The first-order valence-electron chi connectivity index (χ1n) is 10.5. The number of nitrogens with zero attached hydrogens (tertiary/aromatic N) is 6. The number of rotatable bonds is 3. The minimum absolute atomic E-state index is 0.251. The van der Waals surface area contributed by atoms with Gasteiger partial charge in [0, 0.05) is 55.8 Å². The minimum Gasteiger partial charge on any atom is -0.491 e. The maximum Gasteiger partial charge on any atom is 0.351 e. The van der Waals surface area contributed by atoms with Crippen LogP contribution >= 0.6 is 0 Å². The second kappa shape index (κ2) is 7.65. The van der Waals surface area contributed by atoms with Gasteiger partial charge in [0.25, 0.3) is 5.78 Å². The number of hydrogen-bond acceptors (Lipinski definition) is 6. The van der Waals surface area contributed by atoms with Crippen LogP contribution in [-0.4, -0.2) is 37.8 Å². The van der Waals surface area contributed by atoms with Crippen LogP contribution in [0.4, 0.5) is 14.6 Å². The van der Waals surface area contributed by atoms with Crippen molar-refractivity contribution in [1.29, 1.82) is 0 Å². The van der Waals surface area contributed by atoms with E-state index < -0.39 is 11.6 Å². The summed E-state index contributed by atoms with van der Waals surface area (Å²) in [6.07, 6.45) is 4.09. The molecule has 3 aromatic heterocycles. The van der Waals surface area contributed by atoms with Gasteiger partial charge in [0.1, 0.15) is 5.82 Å². The number of halogens is 2. The van der Waals surface area contributed by atoms with Crippen molar-refractivity contribution in [1.82, 2.24) is 24.1 Å². The summed E-state index contributed by atoms with van der Waals surface area (Å²) in [5, 5.41) is 4.18. The molecular formula is C23H22F2N6O2. The summed E-state index contributed by atoms with van der Waals surface area (Å²) < 4.78 is 36.5. The highest BCUT2D eigenvalue weighted by atomic mass is 19.1. The maximum absolute atomic E-state index is 14.6. The summed E-state index contributed by atoms with van der Waals surface area (Å²) in [4.78, 5) is 23.4. The van der Waals surface area contributed by atoms with Crippen LogP contribution in [0.25, 0.3) is 16.9 Å². The highest BCUT2D eigenvalue weighted by molar-refractivity contribution is 5.69. The van der Waals surface area contributed by atoms with Gasteiger partial charge in [-0.05, 0) is 42.7 Å². The van der Waals surface area contributed by atoms with Gasteiger partial charge in [-0.25, -0.2) is 22.7 Å². The second-order valence-corrected chi connectivity index (χ2v) is 8.20. The highest BCUT2D eigenvalue weighted by Crippen LogP contribution is 2.34. The van der Waals surface area contributed by atoms with Gasteiger partial charge in [-0.3, -0.25) is 4.98 Å². The van der Waals surface area contributed by atoms with Crippen molar-refractivity contribution in [3.8, 4) is 16.9 Å². The first-order valence-corrected chi connectivity index (χ1v) is 10.5. The van der Waals surface area contributed by atoms with Crippen molar-refractivity contribution < 1.29 is 13.5 Å². The molecule has 170 valence electrons. The van der Waals surface area contributed by atoms with Gasteiger partial charge in [0.05, 0.1) is 7.11 Å². The smallest absolute Gasteiger partial charge is 0.351 e. The zero-order chi connectivity index (χ0) is 23.4. The quantitative estimate of drug-likeness (QED) is 0.476. The third kappa shape index (κ3) is 3.33. The van der Waals surface area contributed by atoms with E-state index in [9.17, 15) is 13.6 Å². The molecule has 0 aliphatic carbocycles. The third-order valence-electron chi connectivity index (χ3n) is 6.09. The first-order chi connectivity index (χ1) is 15.8. The number of methoxy groups -OCH3 is 1. The van der Waals surface area contributed by atoms with E-state index in [1.54, 1.807) is 26.4 Å². The van der Waals surface area contributed by atoms with Crippen LogP contribution in [0.1, 0.15) is 22.4 Å². The Bertz CT molecular complexity index is 1480. The van der Waals surface area contributed by atoms with Crippen LogP contribution < -0.4 is 15.3 Å². The highest BCUT2D eigenvalue weighted by Gasteiger charge is 2.23. The minimum atomic E-state index is -0.756. The van der Waals surface area contributed by atoms with Crippen molar-refractivity contribution in [2.24, 2.45) is 7.05 Å². The summed E-state index contributed by atoms with van der Waals surface area (Å²) in [6.45, 7) is 4.72. The Hall–Kier alpha value is -3.82. The molecule has 8 nitrogen and oxygen atoms in total. The standard InChI is InChI=1S/C23H22F2N6O2/c1-12-10-31-22(28-29(3)23(31)32)27-21(12)30-6-5-18-15(11-30)7-14(9-26-18)16-8-17(24)20(33-4)19(25)13(16)2/h7-10H,5-6,11H2,1-4H3. The van der Waals surface area contributed by atoms with E-state index in [1.807, 2.05) is 13.0 Å². The Kier molecular flexibility index (Phi) is 4.88. The number of fused-ring (bicyclic) bond motifs is 2. The number of ether oxygens (including phenoxy) is 1. The van der Waals surface area contributed by atoms with Crippen LogP contribution in [0, 0.1) is 25.5 Å². The Morgan fingerprint density at radius 1 is 1.18 bits per heavy atom. The lowest BCUT2D eigenvalue weighted by Crippen LogP contribution is -2.32. The van der Waals surface area contributed by atoms with E-state index >= 15 is 0 Å². The van der Waals surface area contributed by atoms with E-state index in [-0.39, 0.29) is 11.4 Å². The molecule has 1 aliphatic rings. The van der Waals surface area contributed by atoms with Crippen LogP contribution in [-0.2, 0) is 20.0 Å². The van der Waals surface area contributed by atoms with Gasteiger partial charge in [0.2, 0.25) is 0 Å². The number of hydrogen-bond donors (Lipinski definition) is 0. The lowest BCUT2D eigenvalue weighted by atomic mass is 9.96. The van der Waals surface area contributed by atoms with Crippen molar-refractivity contribution in [2.45, 2.75) is 26.8 Å². The molecule has 1 aliphatic heterocycles. The molecule has 33 heavy (non-hydrogen) atoms. The largest absolute Gasteiger partial charge is 0.491 e. The van der Waals surface area contributed by atoms with Gasteiger partial charge in [0.15, 0.2) is 17.4 Å². The fraction of sp³-hybridized carbons (Fsp3) is 0.304. The molecular weight excluding hydrogens is 430 g/mol. The zero-order valence-electron chi connectivity index (χ0n) is 18.7. The van der Waals surface area contributed by atoms with Crippen molar-refractivity contribution in [2.75, 3.05) is 18.6 Å². The molecule has 0 spiro atoms. The molecule has 0 fully saturated rings. The normalized spacial score (nSPS) is 13.5. The topological polar surface area (TPSA) is 77.5 Å². The Morgan fingerprint density at radius 3 is 2.73 bits per heavy atom. The number of benzene rings is 1. The molecule has 0 unspecified atom stereocenters. The molecule has 0 bridgehead atoms. The third-order valence-corrected chi connectivity index (χ3v) is 6.09. The predicted molar refractivity (Wildman–Crippen MR) is 119 cm³/mol. The molecule has 0 N–H and O–H groups in total. The average Bonchev–Trinajstić information content (AvgIpc) is 3.08. The van der Waals surface area contributed by atoms with Crippen LogP contribution in [0.2, 0.25) is 0 Å². The Balaban J connectivity index is 1.53. The molecule has 0 amide bonds. The van der Waals surface area contributed by atoms with E-state index in [2.05, 4.69) is 20.0 Å². The SMILES string of the molecule is COc1c(F)cc(-c2cnc3c(c2)CN(c2nc4nn(C)c(=O)n4cc2C)CC3)c(C)c1F. The van der Waals surface area contributed by atoms with Gasteiger partial charge >= 0.3 is 5.69 Å². The van der Waals surface area contributed by atoms with E-state index in [0.717, 1.165) is 22.6 Å². The summed E-state index contributed by atoms with van der Waals surface area (Å²) in [6, 6.07) is 3.20.